The third-order valence-corrected chi connectivity index (χ3v) is 5.01. The van der Waals surface area contributed by atoms with E-state index in [1.807, 2.05) is 29.8 Å². The van der Waals surface area contributed by atoms with Crippen LogP contribution in [-0.2, 0) is 7.05 Å². The summed E-state index contributed by atoms with van der Waals surface area (Å²) < 4.78 is 13.3. The first-order chi connectivity index (χ1) is 11.6. The molecule has 0 aliphatic heterocycles. The van der Waals surface area contributed by atoms with Crippen LogP contribution in [0.3, 0.4) is 0 Å². The van der Waals surface area contributed by atoms with E-state index in [1.165, 1.54) is 25.6 Å². The summed E-state index contributed by atoms with van der Waals surface area (Å²) in [5.41, 5.74) is 1.20. The lowest BCUT2D eigenvalue weighted by Gasteiger charge is -2.09. The molecule has 0 radical (unpaired) electrons. The predicted molar refractivity (Wildman–Crippen MR) is 95.2 cm³/mol. The average molecular weight is 363 g/mol. The van der Waals surface area contributed by atoms with Crippen molar-refractivity contribution in [3.8, 4) is 11.5 Å². The first-order valence-corrected chi connectivity index (χ1v) is 8.30. The van der Waals surface area contributed by atoms with Crippen molar-refractivity contribution in [2.24, 2.45) is 12.0 Å². The second-order valence-electron chi connectivity index (χ2n) is 4.99. The minimum absolute atomic E-state index is 0.348. The molecule has 0 unspecified atom stereocenters. The summed E-state index contributed by atoms with van der Waals surface area (Å²) in [5, 5.41) is 0.624. The molecule has 124 valence electrons. The Morgan fingerprint density at radius 2 is 1.92 bits per heavy atom. The van der Waals surface area contributed by atoms with Crippen LogP contribution in [0.15, 0.2) is 41.4 Å². The number of nitrogens with zero attached hydrogens (tertiary/aromatic N) is 2. The van der Waals surface area contributed by atoms with Gasteiger partial charge in [0, 0.05) is 7.05 Å². The molecule has 0 saturated heterocycles. The van der Waals surface area contributed by atoms with Crippen LogP contribution >= 0.6 is 22.9 Å². The molecule has 0 fully saturated rings. The summed E-state index contributed by atoms with van der Waals surface area (Å²) in [4.78, 5) is 17.4. The molecule has 0 saturated carbocycles. The van der Waals surface area contributed by atoms with Gasteiger partial charge in [0.25, 0.3) is 5.91 Å². The Labute approximate surface area is 147 Å². The predicted octanol–water partition coefficient (Wildman–Crippen LogP) is 3.65. The maximum Gasteiger partial charge on any atom is 0.283 e. The highest BCUT2D eigenvalue weighted by Gasteiger charge is 2.16. The number of carbonyl (C=O) groups excluding carboxylic acids is 1. The lowest BCUT2D eigenvalue weighted by Crippen LogP contribution is -2.14. The molecule has 0 bridgehead atoms. The Morgan fingerprint density at radius 3 is 2.58 bits per heavy atom. The number of rotatable bonds is 3. The summed E-state index contributed by atoms with van der Waals surface area (Å²) >= 11 is 7.64. The van der Waals surface area contributed by atoms with E-state index < -0.39 is 5.91 Å². The van der Waals surface area contributed by atoms with Crippen molar-refractivity contribution in [1.82, 2.24) is 4.57 Å². The number of amides is 1. The molecule has 0 atom stereocenters. The number of benzene rings is 2. The van der Waals surface area contributed by atoms with Crippen LogP contribution in [0, 0.1) is 0 Å². The smallest absolute Gasteiger partial charge is 0.283 e. The van der Waals surface area contributed by atoms with Gasteiger partial charge in [0.05, 0.1) is 35.0 Å². The van der Waals surface area contributed by atoms with E-state index in [0.717, 1.165) is 10.2 Å². The van der Waals surface area contributed by atoms with Gasteiger partial charge in [0.2, 0.25) is 0 Å². The number of hydrogen-bond acceptors (Lipinski definition) is 4. The van der Waals surface area contributed by atoms with Gasteiger partial charge in [-0.2, -0.15) is 4.99 Å². The monoisotopic (exact) mass is 362 g/mol. The highest BCUT2D eigenvalue weighted by molar-refractivity contribution is 7.16. The molecule has 3 aromatic rings. The quantitative estimate of drug-likeness (QED) is 0.714. The Hall–Kier alpha value is -2.31. The van der Waals surface area contributed by atoms with Gasteiger partial charge in [0.15, 0.2) is 16.3 Å². The van der Waals surface area contributed by atoms with E-state index in [2.05, 4.69) is 4.99 Å². The molecule has 1 aromatic heterocycles. The third kappa shape index (κ3) is 2.79. The zero-order valence-electron chi connectivity index (χ0n) is 13.4. The Kier molecular flexibility index (Phi) is 4.59. The van der Waals surface area contributed by atoms with E-state index in [-0.39, 0.29) is 0 Å². The summed E-state index contributed by atoms with van der Waals surface area (Å²) in [5.74, 6) is 0.460. The van der Waals surface area contributed by atoms with E-state index in [1.54, 1.807) is 18.2 Å². The Morgan fingerprint density at radius 1 is 1.17 bits per heavy atom. The van der Waals surface area contributed by atoms with Crippen LogP contribution in [-0.4, -0.2) is 24.7 Å². The second-order valence-corrected chi connectivity index (χ2v) is 6.40. The van der Waals surface area contributed by atoms with Crippen LogP contribution in [0.5, 0.6) is 11.5 Å². The lowest BCUT2D eigenvalue weighted by molar-refractivity contribution is 0.0994. The van der Waals surface area contributed by atoms with Gasteiger partial charge in [-0.1, -0.05) is 35.1 Å². The van der Waals surface area contributed by atoms with E-state index in [0.29, 0.717) is 26.9 Å². The number of fused-ring (bicyclic) bond motifs is 1. The zero-order chi connectivity index (χ0) is 17.3. The summed E-state index contributed by atoms with van der Waals surface area (Å²) in [6.07, 6.45) is 0. The summed E-state index contributed by atoms with van der Waals surface area (Å²) in [6.45, 7) is 0. The summed E-state index contributed by atoms with van der Waals surface area (Å²) in [7, 11) is 4.85. The van der Waals surface area contributed by atoms with Gasteiger partial charge in [0.1, 0.15) is 0 Å². The van der Waals surface area contributed by atoms with Crippen molar-refractivity contribution in [3.63, 3.8) is 0 Å². The molecule has 1 amide bonds. The van der Waals surface area contributed by atoms with Crippen LogP contribution in [0.4, 0.5) is 0 Å². The van der Waals surface area contributed by atoms with Crippen molar-refractivity contribution in [2.45, 2.75) is 0 Å². The molecule has 0 aliphatic carbocycles. The number of thiazole rings is 1. The Balaban J connectivity index is 2.15. The molecule has 7 heteroatoms. The fourth-order valence-corrected chi connectivity index (χ4v) is 3.87. The molecule has 2 aromatic carbocycles. The zero-order valence-corrected chi connectivity index (χ0v) is 14.9. The van der Waals surface area contributed by atoms with E-state index in [9.17, 15) is 4.79 Å². The first-order valence-electron chi connectivity index (χ1n) is 7.11. The second kappa shape index (κ2) is 6.67. The van der Waals surface area contributed by atoms with Gasteiger partial charge < -0.3 is 14.0 Å². The molecule has 0 N–H and O–H groups in total. The van der Waals surface area contributed by atoms with Crippen molar-refractivity contribution in [2.75, 3.05) is 14.2 Å². The number of aromatic nitrogens is 1. The number of aryl methyl sites for hydroxylation is 1. The van der Waals surface area contributed by atoms with Crippen molar-refractivity contribution in [1.29, 1.82) is 0 Å². The van der Waals surface area contributed by atoms with E-state index >= 15 is 0 Å². The first kappa shape index (κ1) is 16.5. The number of carbonyl (C=O) groups is 1. The molecule has 5 nitrogen and oxygen atoms in total. The minimum atomic E-state index is -0.399. The lowest BCUT2D eigenvalue weighted by atomic mass is 10.2. The molecule has 0 spiro atoms. The third-order valence-electron chi connectivity index (χ3n) is 3.60. The highest BCUT2D eigenvalue weighted by Crippen LogP contribution is 2.31. The molecular formula is C17H15ClN2O3S. The SMILES string of the molecule is COc1cccc(C(=O)N=c2sc3cccc(Cl)c3n2C)c1OC. The van der Waals surface area contributed by atoms with Gasteiger partial charge in [-0.15, -0.1) is 0 Å². The topological polar surface area (TPSA) is 52.8 Å². The van der Waals surface area contributed by atoms with Gasteiger partial charge in [-0.3, -0.25) is 4.79 Å². The molecule has 0 aliphatic rings. The largest absolute Gasteiger partial charge is 0.493 e. The highest BCUT2D eigenvalue weighted by atomic mass is 35.5. The molecule has 1 heterocycles. The summed E-state index contributed by atoms with van der Waals surface area (Å²) in [6, 6.07) is 10.8. The van der Waals surface area contributed by atoms with E-state index in [4.69, 9.17) is 21.1 Å². The van der Waals surface area contributed by atoms with Crippen molar-refractivity contribution < 1.29 is 14.3 Å². The molecule has 24 heavy (non-hydrogen) atoms. The van der Waals surface area contributed by atoms with Gasteiger partial charge >= 0.3 is 0 Å². The normalized spacial score (nSPS) is 11.8. The van der Waals surface area contributed by atoms with Gasteiger partial charge in [-0.25, -0.2) is 0 Å². The average Bonchev–Trinajstić information content (AvgIpc) is 2.91. The minimum Gasteiger partial charge on any atom is -0.493 e. The fraction of sp³-hybridized carbons (Fsp3) is 0.176. The fourth-order valence-electron chi connectivity index (χ4n) is 2.47. The van der Waals surface area contributed by atoms with Crippen molar-refractivity contribution in [3.05, 3.63) is 51.8 Å². The number of para-hydroxylation sites is 2. The van der Waals surface area contributed by atoms with Gasteiger partial charge in [-0.05, 0) is 24.3 Å². The van der Waals surface area contributed by atoms with Crippen LogP contribution in [0.1, 0.15) is 10.4 Å². The number of halogens is 1. The molecular weight excluding hydrogens is 348 g/mol. The van der Waals surface area contributed by atoms with Crippen molar-refractivity contribution >= 4 is 39.1 Å². The van der Waals surface area contributed by atoms with Crippen LogP contribution in [0.25, 0.3) is 10.2 Å². The maximum absolute atomic E-state index is 12.6. The number of methoxy groups -OCH3 is 2. The van der Waals surface area contributed by atoms with Crippen LogP contribution < -0.4 is 14.3 Å². The number of hydrogen-bond donors (Lipinski definition) is 0. The number of ether oxygens (including phenoxy) is 2. The Bertz CT molecular complexity index is 991. The molecule has 3 rings (SSSR count). The standard InChI is InChI=1S/C17H15ClN2O3S/c1-20-14-11(18)7-5-9-13(14)24-17(20)19-16(21)10-6-4-8-12(22-2)15(10)23-3/h4-9H,1-3H3. The van der Waals surface area contributed by atoms with Crippen LogP contribution in [0.2, 0.25) is 5.02 Å². The maximum atomic E-state index is 12.6.